The van der Waals surface area contributed by atoms with Crippen molar-refractivity contribution in [1.29, 1.82) is 0 Å². The molecule has 1 aromatic carbocycles. The Bertz CT molecular complexity index is 479. The summed E-state index contributed by atoms with van der Waals surface area (Å²) in [7, 11) is 0. The lowest BCUT2D eigenvalue weighted by Crippen LogP contribution is -2.38. The lowest BCUT2D eigenvalue weighted by molar-refractivity contribution is -0.128. The van der Waals surface area contributed by atoms with Crippen molar-refractivity contribution in [1.82, 2.24) is 0 Å². The minimum absolute atomic E-state index is 0.00106. The second-order valence-corrected chi connectivity index (χ2v) is 6.55. The Morgan fingerprint density at radius 3 is 2.39 bits per heavy atom. The molecule has 0 aromatic heterocycles. The minimum Gasteiger partial charge on any atom is -0.375 e. The van der Waals surface area contributed by atoms with Crippen LogP contribution in [0.5, 0.6) is 0 Å². The lowest BCUT2D eigenvalue weighted by Gasteiger charge is -2.32. The van der Waals surface area contributed by atoms with Crippen LogP contribution in [0.2, 0.25) is 0 Å². The SMILES string of the molecule is CC12CCC(C(Nc3ccccc3)C1=O)C2(C)C. The van der Waals surface area contributed by atoms with Gasteiger partial charge in [0.25, 0.3) is 0 Å². The van der Waals surface area contributed by atoms with Crippen molar-refractivity contribution >= 4 is 11.5 Å². The molecule has 2 aliphatic rings. The van der Waals surface area contributed by atoms with Gasteiger partial charge in [-0.1, -0.05) is 39.0 Å². The zero-order chi connectivity index (χ0) is 13.0. The number of carbonyl (C=O) groups is 1. The number of anilines is 1. The fourth-order valence-electron chi connectivity index (χ4n) is 3.97. The largest absolute Gasteiger partial charge is 0.375 e. The molecule has 0 radical (unpaired) electrons. The number of para-hydroxylation sites is 1. The standard InChI is InChI=1S/C16H21NO/c1-15(2)12-9-10-16(15,3)14(18)13(12)17-11-7-5-4-6-8-11/h4-8,12-13,17H,9-10H2,1-3H3. The quantitative estimate of drug-likeness (QED) is 0.861. The molecule has 0 heterocycles. The Labute approximate surface area is 109 Å². The van der Waals surface area contributed by atoms with E-state index in [1.807, 2.05) is 30.3 Å². The van der Waals surface area contributed by atoms with Gasteiger partial charge in [-0.05, 0) is 36.3 Å². The maximum absolute atomic E-state index is 12.6. The van der Waals surface area contributed by atoms with E-state index in [-0.39, 0.29) is 16.9 Å². The molecule has 2 aliphatic carbocycles. The Morgan fingerprint density at radius 2 is 1.83 bits per heavy atom. The first-order valence-electron chi connectivity index (χ1n) is 6.83. The number of hydrogen-bond acceptors (Lipinski definition) is 2. The molecule has 3 rings (SSSR count). The van der Waals surface area contributed by atoms with Crippen LogP contribution in [0.25, 0.3) is 0 Å². The second kappa shape index (κ2) is 3.59. The third kappa shape index (κ3) is 1.32. The monoisotopic (exact) mass is 243 g/mol. The van der Waals surface area contributed by atoms with E-state index in [4.69, 9.17) is 0 Å². The van der Waals surface area contributed by atoms with Crippen molar-refractivity contribution in [3.63, 3.8) is 0 Å². The van der Waals surface area contributed by atoms with Crippen molar-refractivity contribution in [3.8, 4) is 0 Å². The van der Waals surface area contributed by atoms with Crippen LogP contribution in [0.3, 0.4) is 0 Å². The molecule has 0 saturated heterocycles. The van der Waals surface area contributed by atoms with E-state index in [0.717, 1.165) is 12.1 Å². The van der Waals surface area contributed by atoms with Crippen LogP contribution in [0.4, 0.5) is 5.69 Å². The highest BCUT2D eigenvalue weighted by molar-refractivity contribution is 5.96. The van der Waals surface area contributed by atoms with Gasteiger partial charge >= 0.3 is 0 Å². The van der Waals surface area contributed by atoms with Crippen LogP contribution >= 0.6 is 0 Å². The zero-order valence-electron chi connectivity index (χ0n) is 11.4. The van der Waals surface area contributed by atoms with Gasteiger partial charge in [0.05, 0.1) is 6.04 Å². The van der Waals surface area contributed by atoms with Crippen LogP contribution < -0.4 is 5.32 Å². The second-order valence-electron chi connectivity index (χ2n) is 6.55. The van der Waals surface area contributed by atoms with Gasteiger partial charge in [-0.2, -0.15) is 0 Å². The average Bonchev–Trinajstić information content (AvgIpc) is 2.65. The number of ketones is 1. The lowest BCUT2D eigenvalue weighted by atomic mass is 9.70. The van der Waals surface area contributed by atoms with Gasteiger partial charge in [-0.25, -0.2) is 0 Å². The molecule has 2 saturated carbocycles. The molecule has 3 atom stereocenters. The number of Topliss-reactive ketones (excluding diaryl/α,β-unsaturated/α-hetero) is 1. The van der Waals surface area contributed by atoms with Gasteiger partial charge in [0.2, 0.25) is 0 Å². The van der Waals surface area contributed by atoms with Crippen LogP contribution in [0.15, 0.2) is 30.3 Å². The first kappa shape index (κ1) is 11.8. The maximum Gasteiger partial charge on any atom is 0.161 e. The molecule has 2 nitrogen and oxygen atoms in total. The summed E-state index contributed by atoms with van der Waals surface area (Å²) in [5, 5.41) is 3.45. The topological polar surface area (TPSA) is 29.1 Å². The van der Waals surface area contributed by atoms with Crippen LogP contribution in [-0.2, 0) is 4.79 Å². The van der Waals surface area contributed by atoms with Gasteiger partial charge < -0.3 is 5.32 Å². The number of carbonyl (C=O) groups excluding carboxylic acids is 1. The van der Waals surface area contributed by atoms with Crippen molar-refractivity contribution in [2.75, 3.05) is 5.32 Å². The molecule has 2 fully saturated rings. The summed E-state index contributed by atoms with van der Waals surface area (Å²) in [5.41, 5.74) is 1.04. The summed E-state index contributed by atoms with van der Waals surface area (Å²) in [6, 6.07) is 10.1. The Kier molecular flexibility index (Phi) is 2.35. The molecule has 1 N–H and O–H groups in total. The number of rotatable bonds is 2. The molecule has 3 unspecified atom stereocenters. The van der Waals surface area contributed by atoms with Crippen LogP contribution in [-0.4, -0.2) is 11.8 Å². The van der Waals surface area contributed by atoms with Crippen molar-refractivity contribution in [2.45, 2.75) is 39.7 Å². The van der Waals surface area contributed by atoms with Crippen LogP contribution in [0.1, 0.15) is 33.6 Å². The fraction of sp³-hybridized carbons (Fsp3) is 0.562. The van der Waals surface area contributed by atoms with E-state index < -0.39 is 0 Å². The zero-order valence-corrected chi connectivity index (χ0v) is 11.4. The van der Waals surface area contributed by atoms with Gasteiger partial charge in [0, 0.05) is 11.1 Å². The number of hydrogen-bond donors (Lipinski definition) is 1. The molecular formula is C16H21NO. The van der Waals surface area contributed by atoms with Crippen molar-refractivity contribution < 1.29 is 4.79 Å². The fourth-order valence-corrected chi connectivity index (χ4v) is 3.97. The first-order valence-corrected chi connectivity index (χ1v) is 6.83. The summed E-state index contributed by atoms with van der Waals surface area (Å²) in [6.45, 7) is 6.67. The van der Waals surface area contributed by atoms with E-state index in [9.17, 15) is 4.79 Å². The summed E-state index contributed by atoms with van der Waals surface area (Å²) < 4.78 is 0. The molecule has 0 aliphatic heterocycles. The molecule has 18 heavy (non-hydrogen) atoms. The Balaban J connectivity index is 1.90. The summed E-state index contributed by atoms with van der Waals surface area (Å²) in [4.78, 5) is 12.6. The minimum atomic E-state index is -0.135. The number of benzene rings is 1. The summed E-state index contributed by atoms with van der Waals surface area (Å²) in [5.74, 6) is 0.878. The van der Waals surface area contributed by atoms with E-state index >= 15 is 0 Å². The van der Waals surface area contributed by atoms with E-state index in [2.05, 4.69) is 26.1 Å². The normalized spacial score (nSPS) is 36.9. The highest BCUT2D eigenvalue weighted by Crippen LogP contribution is 2.63. The number of fused-ring (bicyclic) bond motifs is 2. The molecule has 1 aromatic rings. The van der Waals surface area contributed by atoms with Crippen LogP contribution in [0, 0.1) is 16.7 Å². The Hall–Kier alpha value is -1.31. The summed E-state index contributed by atoms with van der Waals surface area (Å²) in [6.07, 6.45) is 2.22. The average molecular weight is 243 g/mol. The smallest absolute Gasteiger partial charge is 0.161 e. The van der Waals surface area contributed by atoms with E-state index in [1.54, 1.807) is 0 Å². The van der Waals surface area contributed by atoms with E-state index in [1.165, 1.54) is 6.42 Å². The van der Waals surface area contributed by atoms with E-state index in [0.29, 0.717) is 11.7 Å². The number of nitrogens with one attached hydrogen (secondary N) is 1. The molecule has 2 heteroatoms. The van der Waals surface area contributed by atoms with Gasteiger partial charge in [-0.15, -0.1) is 0 Å². The molecule has 96 valence electrons. The Morgan fingerprint density at radius 1 is 1.17 bits per heavy atom. The van der Waals surface area contributed by atoms with Gasteiger partial charge in [0.1, 0.15) is 0 Å². The highest BCUT2D eigenvalue weighted by Gasteiger charge is 2.66. The first-order chi connectivity index (χ1) is 8.47. The third-order valence-electron chi connectivity index (χ3n) is 5.63. The van der Waals surface area contributed by atoms with Gasteiger partial charge in [0.15, 0.2) is 5.78 Å². The summed E-state index contributed by atoms with van der Waals surface area (Å²) >= 11 is 0. The molecule has 0 amide bonds. The highest BCUT2D eigenvalue weighted by atomic mass is 16.1. The predicted octanol–water partition coefficient (Wildman–Crippen LogP) is 3.49. The maximum atomic E-state index is 12.6. The molecule has 0 spiro atoms. The van der Waals surface area contributed by atoms with Crippen molar-refractivity contribution in [2.24, 2.45) is 16.7 Å². The van der Waals surface area contributed by atoms with Gasteiger partial charge in [-0.3, -0.25) is 4.79 Å². The molecule has 2 bridgehead atoms. The molecular weight excluding hydrogens is 222 g/mol. The third-order valence-corrected chi connectivity index (χ3v) is 5.63. The predicted molar refractivity (Wildman–Crippen MR) is 73.5 cm³/mol. The van der Waals surface area contributed by atoms with Crippen molar-refractivity contribution in [3.05, 3.63) is 30.3 Å².